The molecule has 2 aromatic rings. The second-order valence-electron chi connectivity index (χ2n) is 4.98. The topological polar surface area (TPSA) is 34.0 Å². The summed E-state index contributed by atoms with van der Waals surface area (Å²) in [5.41, 5.74) is 2.42. The third-order valence-electron chi connectivity index (χ3n) is 3.30. The van der Waals surface area contributed by atoms with Gasteiger partial charge in [0.25, 0.3) is 0 Å². The van der Waals surface area contributed by atoms with E-state index in [4.69, 9.17) is 0 Å². The molecule has 0 aliphatic heterocycles. The Bertz CT molecular complexity index is 502. The van der Waals surface area contributed by atoms with Crippen molar-refractivity contribution >= 4 is 0 Å². The zero-order valence-electron chi connectivity index (χ0n) is 10.7. The quantitative estimate of drug-likeness (QED) is 0.804. The van der Waals surface area contributed by atoms with Gasteiger partial charge < -0.3 is 0 Å². The molecule has 0 spiro atoms. The van der Waals surface area contributed by atoms with E-state index in [1.807, 2.05) is 30.2 Å². The van der Waals surface area contributed by atoms with Gasteiger partial charge in [0.15, 0.2) is 0 Å². The third-order valence-corrected chi connectivity index (χ3v) is 3.30. The first kappa shape index (κ1) is 11.4. The molecule has 2 heterocycles. The predicted molar refractivity (Wildman–Crippen MR) is 69.7 cm³/mol. The van der Waals surface area contributed by atoms with Crippen LogP contribution in [-0.2, 0) is 20.1 Å². The van der Waals surface area contributed by atoms with Crippen LogP contribution in [0.1, 0.15) is 24.1 Å². The monoisotopic (exact) mass is 242 g/mol. The molecule has 1 saturated carbocycles. The van der Waals surface area contributed by atoms with Crippen molar-refractivity contribution in [1.29, 1.82) is 0 Å². The number of hydrogen-bond donors (Lipinski definition) is 0. The van der Waals surface area contributed by atoms with E-state index < -0.39 is 0 Å². The van der Waals surface area contributed by atoms with Crippen molar-refractivity contribution in [2.45, 2.75) is 32.0 Å². The summed E-state index contributed by atoms with van der Waals surface area (Å²) in [6, 6.07) is 6.84. The lowest BCUT2D eigenvalue weighted by atomic mass is 10.2. The first-order valence-electron chi connectivity index (χ1n) is 6.43. The van der Waals surface area contributed by atoms with E-state index in [0.29, 0.717) is 0 Å². The standard InChI is InChI=1S/C14H18N4/c1-17-9-12(8-16-17)10-18(14-5-6-14)11-13-4-2-3-7-15-13/h2-4,7-9,14H,5-6,10-11H2,1H3. The highest BCUT2D eigenvalue weighted by Crippen LogP contribution is 2.29. The van der Waals surface area contributed by atoms with Gasteiger partial charge in [-0.25, -0.2) is 0 Å². The maximum absolute atomic E-state index is 4.41. The minimum absolute atomic E-state index is 0.729. The van der Waals surface area contributed by atoms with Crippen LogP contribution in [0, 0.1) is 0 Å². The van der Waals surface area contributed by atoms with Gasteiger partial charge in [0, 0.05) is 44.1 Å². The van der Waals surface area contributed by atoms with E-state index >= 15 is 0 Å². The van der Waals surface area contributed by atoms with Crippen LogP contribution in [0.4, 0.5) is 0 Å². The van der Waals surface area contributed by atoms with E-state index in [2.05, 4.69) is 33.3 Å². The molecule has 3 rings (SSSR count). The Kier molecular flexibility index (Phi) is 3.11. The molecule has 0 N–H and O–H groups in total. The minimum atomic E-state index is 0.729. The number of aromatic nitrogens is 3. The van der Waals surface area contributed by atoms with E-state index in [0.717, 1.165) is 24.8 Å². The molecule has 4 nitrogen and oxygen atoms in total. The molecule has 1 fully saturated rings. The maximum Gasteiger partial charge on any atom is 0.0544 e. The molecule has 0 radical (unpaired) electrons. The number of pyridine rings is 1. The average Bonchev–Trinajstić information content (AvgIpc) is 3.15. The van der Waals surface area contributed by atoms with E-state index in [1.54, 1.807) is 0 Å². The highest BCUT2D eigenvalue weighted by molar-refractivity contribution is 5.08. The van der Waals surface area contributed by atoms with Gasteiger partial charge in [-0.05, 0) is 25.0 Å². The van der Waals surface area contributed by atoms with Crippen molar-refractivity contribution in [2.75, 3.05) is 0 Å². The second-order valence-corrected chi connectivity index (χ2v) is 4.98. The van der Waals surface area contributed by atoms with Gasteiger partial charge in [-0.2, -0.15) is 5.10 Å². The Labute approximate surface area is 107 Å². The van der Waals surface area contributed by atoms with Crippen LogP contribution < -0.4 is 0 Å². The van der Waals surface area contributed by atoms with Gasteiger partial charge in [0.05, 0.1) is 11.9 Å². The van der Waals surface area contributed by atoms with E-state index in [9.17, 15) is 0 Å². The highest BCUT2D eigenvalue weighted by atomic mass is 15.2. The Hall–Kier alpha value is -1.68. The molecule has 1 aliphatic rings. The Morgan fingerprint density at radius 1 is 1.33 bits per heavy atom. The fraction of sp³-hybridized carbons (Fsp3) is 0.429. The summed E-state index contributed by atoms with van der Waals surface area (Å²) in [4.78, 5) is 6.91. The lowest BCUT2D eigenvalue weighted by Crippen LogP contribution is -2.25. The number of nitrogens with zero attached hydrogens (tertiary/aromatic N) is 4. The second kappa shape index (κ2) is 4.90. The van der Waals surface area contributed by atoms with Gasteiger partial charge in [-0.15, -0.1) is 0 Å². The summed E-state index contributed by atoms with van der Waals surface area (Å²) in [5.74, 6) is 0. The van der Waals surface area contributed by atoms with Crippen LogP contribution >= 0.6 is 0 Å². The summed E-state index contributed by atoms with van der Waals surface area (Å²) in [7, 11) is 1.96. The molecule has 0 bridgehead atoms. The molecule has 0 amide bonds. The molecule has 2 aromatic heterocycles. The van der Waals surface area contributed by atoms with Crippen molar-refractivity contribution in [3.05, 3.63) is 48.0 Å². The Balaban J connectivity index is 1.69. The normalized spacial score (nSPS) is 15.2. The van der Waals surface area contributed by atoms with Crippen molar-refractivity contribution in [1.82, 2.24) is 19.7 Å². The number of rotatable bonds is 5. The van der Waals surface area contributed by atoms with Crippen LogP contribution in [0.2, 0.25) is 0 Å². The number of aryl methyl sites for hydroxylation is 1. The van der Waals surface area contributed by atoms with Crippen LogP contribution in [0.3, 0.4) is 0 Å². The summed E-state index contributed by atoms with van der Waals surface area (Å²) in [5, 5.41) is 4.23. The van der Waals surface area contributed by atoms with Crippen molar-refractivity contribution < 1.29 is 0 Å². The lowest BCUT2D eigenvalue weighted by molar-refractivity contribution is 0.243. The Morgan fingerprint density at radius 2 is 2.22 bits per heavy atom. The van der Waals surface area contributed by atoms with Crippen LogP contribution in [-0.4, -0.2) is 25.7 Å². The summed E-state index contributed by atoms with van der Waals surface area (Å²) >= 11 is 0. The fourth-order valence-electron chi connectivity index (χ4n) is 2.24. The van der Waals surface area contributed by atoms with Gasteiger partial charge in [-0.1, -0.05) is 6.07 Å². The molecule has 0 saturated heterocycles. The predicted octanol–water partition coefficient (Wildman–Crippen LogP) is 1.98. The first-order chi connectivity index (χ1) is 8.81. The SMILES string of the molecule is Cn1cc(CN(Cc2ccccn2)C2CC2)cn1. The Morgan fingerprint density at radius 3 is 2.83 bits per heavy atom. The van der Waals surface area contributed by atoms with E-state index in [-0.39, 0.29) is 0 Å². The molecule has 0 atom stereocenters. The van der Waals surface area contributed by atoms with Gasteiger partial charge in [-0.3, -0.25) is 14.6 Å². The molecule has 18 heavy (non-hydrogen) atoms. The molecule has 94 valence electrons. The summed E-state index contributed by atoms with van der Waals surface area (Å²) in [6.45, 7) is 1.90. The molecular weight excluding hydrogens is 224 g/mol. The van der Waals surface area contributed by atoms with Crippen LogP contribution in [0.15, 0.2) is 36.8 Å². The first-order valence-corrected chi connectivity index (χ1v) is 6.43. The summed E-state index contributed by atoms with van der Waals surface area (Å²) < 4.78 is 1.86. The molecule has 1 aliphatic carbocycles. The fourth-order valence-corrected chi connectivity index (χ4v) is 2.24. The zero-order chi connectivity index (χ0) is 12.4. The van der Waals surface area contributed by atoms with Crippen LogP contribution in [0.25, 0.3) is 0 Å². The van der Waals surface area contributed by atoms with Gasteiger partial charge in [0.1, 0.15) is 0 Å². The zero-order valence-corrected chi connectivity index (χ0v) is 10.7. The van der Waals surface area contributed by atoms with Crippen molar-refractivity contribution in [2.24, 2.45) is 7.05 Å². The third kappa shape index (κ3) is 2.76. The minimum Gasteiger partial charge on any atom is -0.290 e. The van der Waals surface area contributed by atoms with Crippen molar-refractivity contribution in [3.8, 4) is 0 Å². The largest absolute Gasteiger partial charge is 0.290 e. The molecule has 0 unspecified atom stereocenters. The van der Waals surface area contributed by atoms with Gasteiger partial charge in [0.2, 0.25) is 0 Å². The highest BCUT2D eigenvalue weighted by Gasteiger charge is 2.29. The molecular formula is C14H18N4. The van der Waals surface area contributed by atoms with E-state index in [1.165, 1.54) is 18.4 Å². The lowest BCUT2D eigenvalue weighted by Gasteiger charge is -2.20. The van der Waals surface area contributed by atoms with Gasteiger partial charge >= 0.3 is 0 Å². The molecule has 0 aromatic carbocycles. The average molecular weight is 242 g/mol. The van der Waals surface area contributed by atoms with Crippen molar-refractivity contribution in [3.63, 3.8) is 0 Å². The number of hydrogen-bond acceptors (Lipinski definition) is 3. The smallest absolute Gasteiger partial charge is 0.0544 e. The summed E-state index contributed by atoms with van der Waals surface area (Å²) in [6.07, 6.45) is 8.53. The molecule has 4 heteroatoms. The maximum atomic E-state index is 4.41. The van der Waals surface area contributed by atoms with Crippen LogP contribution in [0.5, 0.6) is 0 Å².